The molecule has 98 valence electrons. The molecule has 2 rings (SSSR count). The van der Waals surface area contributed by atoms with E-state index in [0.29, 0.717) is 0 Å². The van der Waals surface area contributed by atoms with Gasteiger partial charge in [0.25, 0.3) is 0 Å². The zero-order chi connectivity index (χ0) is 13.2. The second-order valence-electron chi connectivity index (χ2n) is 5.26. The molecule has 0 fully saturated rings. The molecule has 5 nitrogen and oxygen atoms in total. The fraction of sp³-hybridized carbons (Fsp3) is 0.538. The first-order chi connectivity index (χ1) is 8.50. The second-order valence-corrected chi connectivity index (χ2v) is 5.26. The highest BCUT2D eigenvalue weighted by molar-refractivity contribution is 5.38. The second kappa shape index (κ2) is 5.04. The van der Waals surface area contributed by atoms with Crippen molar-refractivity contribution in [2.45, 2.75) is 39.3 Å². The number of nitrogens with zero attached hydrogens (tertiary/aromatic N) is 3. The maximum Gasteiger partial charge on any atom is 0.155 e. The van der Waals surface area contributed by atoms with Gasteiger partial charge in [-0.1, -0.05) is 0 Å². The van der Waals surface area contributed by atoms with E-state index in [0.717, 1.165) is 29.9 Å². The standard InChI is InChI=1S/C13H20N4O/c1-10-6-12-14-7-11(9-17(12)16-10)8-15-13(2,3)4-5-18/h6-7,9,15,18H,4-5,8H2,1-3H3. The molecule has 2 heterocycles. The van der Waals surface area contributed by atoms with Gasteiger partial charge in [0.05, 0.1) is 5.69 Å². The van der Waals surface area contributed by atoms with E-state index in [1.165, 1.54) is 0 Å². The summed E-state index contributed by atoms with van der Waals surface area (Å²) in [4.78, 5) is 4.36. The lowest BCUT2D eigenvalue weighted by Gasteiger charge is -2.25. The number of fused-ring (bicyclic) bond motifs is 1. The van der Waals surface area contributed by atoms with Gasteiger partial charge in [-0.05, 0) is 27.2 Å². The van der Waals surface area contributed by atoms with Gasteiger partial charge in [-0.2, -0.15) is 5.10 Å². The average Bonchev–Trinajstić information content (AvgIpc) is 2.65. The molecule has 0 unspecified atom stereocenters. The molecule has 2 aromatic rings. The zero-order valence-electron chi connectivity index (χ0n) is 11.1. The summed E-state index contributed by atoms with van der Waals surface area (Å²) in [5, 5.41) is 16.7. The Kier molecular flexibility index (Phi) is 3.63. The summed E-state index contributed by atoms with van der Waals surface area (Å²) in [6.45, 7) is 7.02. The molecule has 0 spiro atoms. The number of aromatic nitrogens is 3. The van der Waals surface area contributed by atoms with Crippen LogP contribution >= 0.6 is 0 Å². The van der Waals surface area contributed by atoms with E-state index in [4.69, 9.17) is 5.11 Å². The van der Waals surface area contributed by atoms with Crippen molar-refractivity contribution in [3.8, 4) is 0 Å². The average molecular weight is 248 g/mol. The lowest BCUT2D eigenvalue weighted by atomic mass is 10.0. The maximum atomic E-state index is 8.98. The van der Waals surface area contributed by atoms with Gasteiger partial charge < -0.3 is 10.4 Å². The summed E-state index contributed by atoms with van der Waals surface area (Å²) >= 11 is 0. The minimum absolute atomic E-state index is 0.0796. The van der Waals surface area contributed by atoms with Gasteiger partial charge in [0.1, 0.15) is 0 Å². The van der Waals surface area contributed by atoms with Crippen LogP contribution < -0.4 is 5.32 Å². The van der Waals surface area contributed by atoms with E-state index in [1.54, 1.807) is 4.52 Å². The molecule has 2 aromatic heterocycles. The van der Waals surface area contributed by atoms with Gasteiger partial charge in [0, 0.05) is 42.7 Å². The van der Waals surface area contributed by atoms with E-state index in [9.17, 15) is 0 Å². The highest BCUT2D eigenvalue weighted by Crippen LogP contribution is 2.10. The molecular formula is C13H20N4O. The van der Waals surface area contributed by atoms with Crippen LogP contribution in [-0.4, -0.2) is 31.9 Å². The number of aliphatic hydroxyl groups excluding tert-OH is 1. The molecule has 2 N–H and O–H groups in total. The van der Waals surface area contributed by atoms with Crippen LogP contribution in [0.15, 0.2) is 18.5 Å². The van der Waals surface area contributed by atoms with E-state index in [1.807, 2.05) is 25.4 Å². The first-order valence-electron chi connectivity index (χ1n) is 6.17. The minimum Gasteiger partial charge on any atom is -0.396 e. The summed E-state index contributed by atoms with van der Waals surface area (Å²) < 4.78 is 1.80. The van der Waals surface area contributed by atoms with Crippen LogP contribution in [0.4, 0.5) is 0 Å². The van der Waals surface area contributed by atoms with Crippen molar-refractivity contribution in [2.75, 3.05) is 6.61 Å². The Hall–Kier alpha value is -1.46. The molecule has 5 heteroatoms. The molecule has 18 heavy (non-hydrogen) atoms. The smallest absolute Gasteiger partial charge is 0.155 e. The molecule has 0 aromatic carbocycles. The SMILES string of the molecule is Cc1cc2ncc(CNC(C)(C)CCO)cn2n1. The van der Waals surface area contributed by atoms with Crippen LogP contribution in [-0.2, 0) is 6.54 Å². The molecule has 0 aliphatic heterocycles. The van der Waals surface area contributed by atoms with Crippen molar-refractivity contribution in [3.63, 3.8) is 0 Å². The molecular weight excluding hydrogens is 228 g/mol. The quantitative estimate of drug-likeness (QED) is 0.837. The summed E-state index contributed by atoms with van der Waals surface area (Å²) in [6, 6.07) is 1.95. The Morgan fingerprint density at radius 2 is 2.22 bits per heavy atom. The van der Waals surface area contributed by atoms with Crippen molar-refractivity contribution in [2.24, 2.45) is 0 Å². The van der Waals surface area contributed by atoms with E-state index < -0.39 is 0 Å². The summed E-state index contributed by atoms with van der Waals surface area (Å²) in [6.07, 6.45) is 4.57. The van der Waals surface area contributed by atoms with Crippen LogP contribution in [0.3, 0.4) is 0 Å². The van der Waals surface area contributed by atoms with Gasteiger partial charge in [0.15, 0.2) is 5.65 Å². The van der Waals surface area contributed by atoms with Gasteiger partial charge in [0.2, 0.25) is 0 Å². The zero-order valence-corrected chi connectivity index (χ0v) is 11.1. The number of aliphatic hydroxyl groups is 1. The van der Waals surface area contributed by atoms with Crippen LogP contribution in [0, 0.1) is 6.92 Å². The van der Waals surface area contributed by atoms with Crippen molar-refractivity contribution in [1.82, 2.24) is 19.9 Å². The molecule has 0 radical (unpaired) electrons. The molecule has 0 aliphatic carbocycles. The largest absolute Gasteiger partial charge is 0.396 e. The Morgan fingerprint density at radius 1 is 1.44 bits per heavy atom. The predicted octanol–water partition coefficient (Wildman–Crippen LogP) is 1.29. The Bertz CT molecular complexity index is 533. The number of nitrogens with one attached hydrogen (secondary N) is 1. The van der Waals surface area contributed by atoms with Crippen LogP contribution in [0.1, 0.15) is 31.5 Å². The first-order valence-corrected chi connectivity index (χ1v) is 6.17. The monoisotopic (exact) mass is 248 g/mol. The molecule has 0 amide bonds. The predicted molar refractivity (Wildman–Crippen MR) is 70.3 cm³/mol. The number of rotatable bonds is 5. The van der Waals surface area contributed by atoms with Gasteiger partial charge in [-0.25, -0.2) is 9.50 Å². The highest BCUT2D eigenvalue weighted by Gasteiger charge is 2.15. The normalized spacial score (nSPS) is 12.2. The molecule has 0 bridgehead atoms. The first kappa shape index (κ1) is 13.0. The number of aryl methyl sites for hydroxylation is 1. The fourth-order valence-electron chi connectivity index (χ4n) is 1.83. The van der Waals surface area contributed by atoms with Crippen molar-refractivity contribution in [1.29, 1.82) is 0 Å². The van der Waals surface area contributed by atoms with Gasteiger partial charge in [-0.15, -0.1) is 0 Å². The fourth-order valence-corrected chi connectivity index (χ4v) is 1.83. The molecule has 0 saturated heterocycles. The maximum absolute atomic E-state index is 8.98. The van der Waals surface area contributed by atoms with Crippen LogP contribution in [0.25, 0.3) is 5.65 Å². The molecule has 0 saturated carbocycles. The van der Waals surface area contributed by atoms with Crippen LogP contribution in [0.5, 0.6) is 0 Å². The topological polar surface area (TPSA) is 62.5 Å². The molecule has 0 atom stereocenters. The summed E-state index contributed by atoms with van der Waals surface area (Å²) in [5.41, 5.74) is 2.83. The van der Waals surface area contributed by atoms with Crippen LogP contribution in [0.2, 0.25) is 0 Å². The Labute approximate surface area is 107 Å². The third kappa shape index (κ3) is 3.05. The third-order valence-electron chi connectivity index (χ3n) is 3.00. The Balaban J connectivity index is 2.07. The Morgan fingerprint density at radius 3 is 2.94 bits per heavy atom. The van der Waals surface area contributed by atoms with Crippen molar-refractivity contribution < 1.29 is 5.11 Å². The van der Waals surface area contributed by atoms with Crippen molar-refractivity contribution >= 4 is 5.65 Å². The number of hydrogen-bond donors (Lipinski definition) is 2. The lowest BCUT2D eigenvalue weighted by Crippen LogP contribution is -2.39. The summed E-state index contributed by atoms with van der Waals surface area (Å²) in [5.74, 6) is 0. The van der Waals surface area contributed by atoms with E-state index >= 15 is 0 Å². The van der Waals surface area contributed by atoms with E-state index in [-0.39, 0.29) is 12.1 Å². The van der Waals surface area contributed by atoms with Crippen molar-refractivity contribution in [3.05, 3.63) is 29.7 Å². The summed E-state index contributed by atoms with van der Waals surface area (Å²) in [7, 11) is 0. The third-order valence-corrected chi connectivity index (χ3v) is 3.00. The van der Waals surface area contributed by atoms with E-state index in [2.05, 4.69) is 29.2 Å². The van der Waals surface area contributed by atoms with Gasteiger partial charge >= 0.3 is 0 Å². The van der Waals surface area contributed by atoms with Gasteiger partial charge in [-0.3, -0.25) is 0 Å². The molecule has 0 aliphatic rings. The highest BCUT2D eigenvalue weighted by atomic mass is 16.3. The number of hydrogen-bond acceptors (Lipinski definition) is 4. The lowest BCUT2D eigenvalue weighted by molar-refractivity contribution is 0.230. The minimum atomic E-state index is -0.0796.